The fraction of sp³-hybridized carbons (Fsp3) is 0.538. The van der Waals surface area contributed by atoms with Crippen molar-refractivity contribution in [1.82, 2.24) is 4.90 Å². The monoisotopic (exact) mass is 264 g/mol. The molecule has 19 heavy (non-hydrogen) atoms. The maximum Gasteiger partial charge on any atom is 0.292 e. The molecular weight excluding hydrogens is 244 g/mol. The Balaban J connectivity index is 2.09. The first-order valence-electron chi connectivity index (χ1n) is 6.44. The van der Waals surface area contributed by atoms with Gasteiger partial charge in [-0.1, -0.05) is 0 Å². The van der Waals surface area contributed by atoms with E-state index in [0.29, 0.717) is 6.04 Å². The fourth-order valence-corrected chi connectivity index (χ4v) is 2.58. The van der Waals surface area contributed by atoms with Crippen LogP contribution in [0.3, 0.4) is 0 Å². The zero-order valence-electron chi connectivity index (χ0n) is 11.4. The SMILES string of the molecule is CN(CC1CCCN1C)c1ccc([N+](=O)[O-])c(N)c1. The van der Waals surface area contributed by atoms with Crippen LogP contribution in [-0.2, 0) is 0 Å². The second-order valence-electron chi connectivity index (χ2n) is 5.16. The minimum absolute atomic E-state index is 0.0323. The van der Waals surface area contributed by atoms with Crippen LogP contribution in [0.5, 0.6) is 0 Å². The molecule has 1 fully saturated rings. The molecule has 0 aromatic heterocycles. The molecule has 6 nitrogen and oxygen atoms in total. The highest BCUT2D eigenvalue weighted by Crippen LogP contribution is 2.27. The van der Waals surface area contributed by atoms with Crippen molar-refractivity contribution in [2.75, 3.05) is 37.8 Å². The van der Waals surface area contributed by atoms with Gasteiger partial charge in [-0.05, 0) is 38.6 Å². The maximum atomic E-state index is 10.7. The molecule has 0 spiro atoms. The van der Waals surface area contributed by atoms with Crippen LogP contribution in [0.15, 0.2) is 18.2 Å². The number of nitro benzene ring substituents is 1. The molecule has 1 saturated heterocycles. The average molecular weight is 264 g/mol. The lowest BCUT2D eigenvalue weighted by molar-refractivity contribution is -0.383. The first-order valence-corrected chi connectivity index (χ1v) is 6.44. The summed E-state index contributed by atoms with van der Waals surface area (Å²) in [7, 11) is 4.13. The number of hydrogen-bond acceptors (Lipinski definition) is 5. The molecule has 0 bridgehead atoms. The smallest absolute Gasteiger partial charge is 0.292 e. The number of nitrogen functional groups attached to an aromatic ring is 1. The summed E-state index contributed by atoms with van der Waals surface area (Å²) in [4.78, 5) is 14.7. The zero-order valence-corrected chi connectivity index (χ0v) is 11.4. The summed E-state index contributed by atoms with van der Waals surface area (Å²) in [6.45, 7) is 2.05. The van der Waals surface area contributed by atoms with Crippen LogP contribution in [0.1, 0.15) is 12.8 Å². The predicted molar refractivity (Wildman–Crippen MR) is 76.4 cm³/mol. The van der Waals surface area contributed by atoms with Crippen LogP contribution in [0.25, 0.3) is 0 Å². The molecule has 104 valence electrons. The van der Waals surface area contributed by atoms with Crippen molar-refractivity contribution in [3.05, 3.63) is 28.3 Å². The van der Waals surface area contributed by atoms with Crippen LogP contribution in [0.4, 0.5) is 17.1 Å². The van der Waals surface area contributed by atoms with Crippen LogP contribution < -0.4 is 10.6 Å². The Kier molecular flexibility index (Phi) is 3.90. The first-order chi connectivity index (χ1) is 8.99. The largest absolute Gasteiger partial charge is 0.393 e. The number of anilines is 2. The highest BCUT2D eigenvalue weighted by atomic mass is 16.6. The van der Waals surface area contributed by atoms with E-state index in [9.17, 15) is 10.1 Å². The lowest BCUT2D eigenvalue weighted by Crippen LogP contribution is -2.36. The predicted octanol–water partition coefficient (Wildman–Crippen LogP) is 1.71. The van der Waals surface area contributed by atoms with Crippen molar-refractivity contribution in [2.24, 2.45) is 0 Å². The summed E-state index contributed by atoms with van der Waals surface area (Å²) in [5.74, 6) is 0. The molecular formula is C13H20N4O2. The third-order valence-corrected chi connectivity index (χ3v) is 3.80. The van der Waals surface area contributed by atoms with Crippen molar-refractivity contribution < 1.29 is 4.92 Å². The van der Waals surface area contributed by atoms with E-state index in [1.54, 1.807) is 12.1 Å². The second-order valence-corrected chi connectivity index (χ2v) is 5.16. The Morgan fingerprint density at radius 2 is 2.32 bits per heavy atom. The summed E-state index contributed by atoms with van der Waals surface area (Å²) in [6.07, 6.45) is 2.43. The molecule has 1 aromatic carbocycles. The quantitative estimate of drug-likeness (QED) is 0.509. The molecule has 1 aliphatic rings. The Hall–Kier alpha value is -1.82. The Morgan fingerprint density at radius 1 is 1.58 bits per heavy atom. The summed E-state index contributed by atoms with van der Waals surface area (Å²) in [6, 6.07) is 5.44. The lowest BCUT2D eigenvalue weighted by Gasteiger charge is -2.27. The van der Waals surface area contributed by atoms with Gasteiger partial charge in [0.25, 0.3) is 5.69 Å². The molecule has 0 radical (unpaired) electrons. The first kappa shape index (κ1) is 13.6. The van der Waals surface area contributed by atoms with Crippen molar-refractivity contribution in [2.45, 2.75) is 18.9 Å². The van der Waals surface area contributed by atoms with E-state index in [1.807, 2.05) is 7.05 Å². The second kappa shape index (κ2) is 5.44. The number of rotatable bonds is 4. The molecule has 0 saturated carbocycles. The number of nitro groups is 1. The Bertz CT molecular complexity index is 478. The summed E-state index contributed by atoms with van der Waals surface area (Å²) >= 11 is 0. The topological polar surface area (TPSA) is 75.6 Å². The molecule has 2 N–H and O–H groups in total. The van der Waals surface area contributed by atoms with Crippen molar-refractivity contribution in [3.8, 4) is 0 Å². The van der Waals surface area contributed by atoms with E-state index in [2.05, 4.69) is 16.8 Å². The third-order valence-electron chi connectivity index (χ3n) is 3.80. The summed E-state index contributed by atoms with van der Waals surface area (Å²) in [5.41, 5.74) is 6.82. The van der Waals surface area contributed by atoms with E-state index in [0.717, 1.165) is 18.8 Å². The van der Waals surface area contributed by atoms with Crippen molar-refractivity contribution in [1.29, 1.82) is 0 Å². The molecule has 0 amide bonds. The van der Waals surface area contributed by atoms with Gasteiger partial charge in [-0.15, -0.1) is 0 Å². The third kappa shape index (κ3) is 2.96. The zero-order chi connectivity index (χ0) is 14.0. The van der Waals surface area contributed by atoms with Gasteiger partial charge in [-0.2, -0.15) is 0 Å². The van der Waals surface area contributed by atoms with E-state index >= 15 is 0 Å². The van der Waals surface area contributed by atoms with Gasteiger partial charge in [-0.3, -0.25) is 10.1 Å². The maximum absolute atomic E-state index is 10.7. The number of hydrogen-bond donors (Lipinski definition) is 1. The molecule has 1 heterocycles. The summed E-state index contributed by atoms with van der Waals surface area (Å²) < 4.78 is 0. The minimum Gasteiger partial charge on any atom is -0.393 e. The standard InChI is InChI=1S/C13H20N4O2/c1-15-7-3-4-11(15)9-16(2)10-5-6-13(17(18)19)12(14)8-10/h5-6,8,11H,3-4,7,9,14H2,1-2H3. The van der Waals surface area contributed by atoms with Gasteiger partial charge >= 0.3 is 0 Å². The summed E-state index contributed by atoms with van der Waals surface area (Å²) in [5, 5.41) is 10.7. The van der Waals surface area contributed by atoms with E-state index in [1.165, 1.54) is 18.9 Å². The molecule has 1 unspecified atom stereocenters. The Morgan fingerprint density at radius 3 is 2.84 bits per heavy atom. The lowest BCUT2D eigenvalue weighted by atomic mass is 10.2. The molecule has 0 aliphatic carbocycles. The van der Waals surface area contributed by atoms with Gasteiger partial charge < -0.3 is 15.5 Å². The van der Waals surface area contributed by atoms with Gasteiger partial charge in [0.15, 0.2) is 0 Å². The van der Waals surface area contributed by atoms with E-state index in [-0.39, 0.29) is 11.4 Å². The number of likely N-dealkylation sites (tertiary alicyclic amines) is 1. The molecule has 1 atom stereocenters. The van der Waals surface area contributed by atoms with Gasteiger partial charge in [0.2, 0.25) is 0 Å². The van der Waals surface area contributed by atoms with E-state index < -0.39 is 4.92 Å². The highest BCUT2D eigenvalue weighted by molar-refractivity contribution is 5.66. The van der Waals surface area contributed by atoms with Gasteiger partial charge in [0, 0.05) is 31.4 Å². The Labute approximate surface area is 112 Å². The normalized spacial score (nSPS) is 19.6. The molecule has 6 heteroatoms. The molecule has 1 aliphatic heterocycles. The van der Waals surface area contributed by atoms with Crippen LogP contribution in [-0.4, -0.2) is 43.0 Å². The van der Waals surface area contributed by atoms with Crippen LogP contribution in [0, 0.1) is 10.1 Å². The fourth-order valence-electron chi connectivity index (χ4n) is 2.58. The van der Waals surface area contributed by atoms with Gasteiger partial charge in [0.1, 0.15) is 5.69 Å². The van der Waals surface area contributed by atoms with Crippen LogP contribution in [0.2, 0.25) is 0 Å². The minimum atomic E-state index is -0.455. The van der Waals surface area contributed by atoms with Gasteiger partial charge in [0.05, 0.1) is 4.92 Å². The van der Waals surface area contributed by atoms with Crippen LogP contribution >= 0.6 is 0 Å². The number of nitrogens with two attached hydrogens (primary N) is 1. The number of benzene rings is 1. The average Bonchev–Trinajstić information content (AvgIpc) is 2.74. The number of likely N-dealkylation sites (N-methyl/N-ethyl adjacent to an activating group) is 2. The van der Waals surface area contributed by atoms with Gasteiger partial charge in [-0.25, -0.2) is 0 Å². The van der Waals surface area contributed by atoms with Crippen molar-refractivity contribution >= 4 is 17.1 Å². The number of nitrogens with zero attached hydrogens (tertiary/aromatic N) is 3. The highest BCUT2D eigenvalue weighted by Gasteiger charge is 2.22. The van der Waals surface area contributed by atoms with Crippen molar-refractivity contribution in [3.63, 3.8) is 0 Å². The molecule has 1 aromatic rings. The van der Waals surface area contributed by atoms with E-state index in [4.69, 9.17) is 5.73 Å². The molecule has 2 rings (SSSR count).